The Morgan fingerprint density at radius 2 is 2.24 bits per heavy atom. The Kier molecular flexibility index (Phi) is 4.90. The Hall–Kier alpha value is -1.95. The van der Waals surface area contributed by atoms with Gasteiger partial charge in [-0.2, -0.15) is 0 Å². The molecular formula is C15H21N3O3. The quantitative estimate of drug-likeness (QED) is 0.666. The normalized spacial score (nSPS) is 22.4. The highest BCUT2D eigenvalue weighted by Gasteiger charge is 2.34. The van der Waals surface area contributed by atoms with Gasteiger partial charge in [-0.25, -0.2) is 0 Å². The molecule has 1 aliphatic rings. The summed E-state index contributed by atoms with van der Waals surface area (Å²) in [5.74, 6) is 0.0849. The number of carbonyl (C=O) groups is 1. The van der Waals surface area contributed by atoms with Crippen LogP contribution in [0.15, 0.2) is 24.3 Å². The lowest BCUT2D eigenvalue weighted by Gasteiger charge is -2.40. The van der Waals surface area contributed by atoms with E-state index in [1.165, 1.54) is 12.1 Å². The van der Waals surface area contributed by atoms with Crippen LogP contribution in [-0.4, -0.2) is 28.3 Å². The average Bonchev–Trinajstić information content (AvgIpc) is 2.48. The van der Waals surface area contributed by atoms with Gasteiger partial charge in [-0.15, -0.1) is 0 Å². The molecule has 0 spiro atoms. The molecule has 1 aromatic rings. The highest BCUT2D eigenvalue weighted by atomic mass is 16.6. The number of likely N-dealkylation sites (tertiary alicyclic amines) is 1. The lowest BCUT2D eigenvalue weighted by Crippen LogP contribution is -2.49. The number of piperidine rings is 1. The van der Waals surface area contributed by atoms with Crippen molar-refractivity contribution in [3.05, 3.63) is 39.9 Å². The summed E-state index contributed by atoms with van der Waals surface area (Å²) in [4.78, 5) is 24.5. The molecule has 1 heterocycles. The standard InChI is InChI=1S/C15H21N3O3/c1-2-3-9-17-14(19)8-7-13(16)15(17)11-5-4-6-12(10-11)18(20)21/h4-6,10,13,15H,2-3,7-9,16H2,1H3. The molecule has 0 saturated carbocycles. The zero-order valence-corrected chi connectivity index (χ0v) is 12.2. The first-order chi connectivity index (χ1) is 10.0. The molecule has 2 unspecified atom stereocenters. The van der Waals surface area contributed by atoms with E-state index >= 15 is 0 Å². The number of non-ortho nitro benzene ring substituents is 1. The third-order valence-corrected chi connectivity index (χ3v) is 3.93. The van der Waals surface area contributed by atoms with Crippen molar-refractivity contribution in [2.24, 2.45) is 5.73 Å². The van der Waals surface area contributed by atoms with Crippen LogP contribution in [-0.2, 0) is 4.79 Å². The van der Waals surface area contributed by atoms with E-state index in [0.29, 0.717) is 19.4 Å². The second kappa shape index (κ2) is 6.67. The number of nitro groups is 1. The Bertz CT molecular complexity index is 533. The van der Waals surface area contributed by atoms with Gasteiger partial charge in [0.1, 0.15) is 0 Å². The van der Waals surface area contributed by atoms with Crippen molar-refractivity contribution in [1.29, 1.82) is 0 Å². The minimum Gasteiger partial charge on any atom is -0.334 e. The molecule has 21 heavy (non-hydrogen) atoms. The molecular weight excluding hydrogens is 270 g/mol. The molecule has 6 heteroatoms. The monoisotopic (exact) mass is 291 g/mol. The predicted octanol–water partition coefficient (Wildman–Crippen LogP) is 2.39. The van der Waals surface area contributed by atoms with Gasteiger partial charge in [0.25, 0.3) is 5.69 Å². The first-order valence-corrected chi connectivity index (χ1v) is 7.34. The van der Waals surface area contributed by atoms with Crippen molar-refractivity contribution in [2.45, 2.75) is 44.7 Å². The molecule has 1 saturated heterocycles. The first-order valence-electron chi connectivity index (χ1n) is 7.34. The van der Waals surface area contributed by atoms with Gasteiger partial charge in [0.15, 0.2) is 0 Å². The van der Waals surface area contributed by atoms with E-state index in [1.54, 1.807) is 11.0 Å². The van der Waals surface area contributed by atoms with Crippen molar-refractivity contribution < 1.29 is 9.72 Å². The Morgan fingerprint density at radius 1 is 1.48 bits per heavy atom. The smallest absolute Gasteiger partial charge is 0.269 e. The Morgan fingerprint density at radius 3 is 2.90 bits per heavy atom. The highest BCUT2D eigenvalue weighted by Crippen LogP contribution is 2.32. The van der Waals surface area contributed by atoms with Crippen molar-refractivity contribution in [1.82, 2.24) is 4.90 Å². The van der Waals surface area contributed by atoms with Crippen LogP contribution >= 0.6 is 0 Å². The lowest BCUT2D eigenvalue weighted by atomic mass is 9.90. The van der Waals surface area contributed by atoms with Crippen LogP contribution in [0.3, 0.4) is 0 Å². The van der Waals surface area contributed by atoms with Gasteiger partial charge >= 0.3 is 0 Å². The molecule has 0 bridgehead atoms. The van der Waals surface area contributed by atoms with Gasteiger partial charge < -0.3 is 10.6 Å². The summed E-state index contributed by atoms with van der Waals surface area (Å²) in [6.45, 7) is 2.72. The van der Waals surface area contributed by atoms with E-state index in [9.17, 15) is 14.9 Å². The number of amides is 1. The van der Waals surface area contributed by atoms with Crippen molar-refractivity contribution in [2.75, 3.05) is 6.54 Å². The highest BCUT2D eigenvalue weighted by molar-refractivity contribution is 5.78. The summed E-state index contributed by atoms with van der Waals surface area (Å²) in [6.07, 6.45) is 2.97. The van der Waals surface area contributed by atoms with Gasteiger partial charge in [-0.05, 0) is 18.4 Å². The molecule has 6 nitrogen and oxygen atoms in total. The summed E-state index contributed by atoms with van der Waals surface area (Å²) in [6, 6.07) is 6.00. The van der Waals surface area contributed by atoms with Gasteiger partial charge in [0, 0.05) is 31.1 Å². The van der Waals surface area contributed by atoms with Crippen LogP contribution < -0.4 is 5.73 Å². The van der Waals surface area contributed by atoms with E-state index in [4.69, 9.17) is 5.73 Å². The molecule has 1 amide bonds. The fourth-order valence-electron chi connectivity index (χ4n) is 2.82. The molecule has 2 atom stereocenters. The van der Waals surface area contributed by atoms with Gasteiger partial charge in [0.2, 0.25) is 5.91 Å². The predicted molar refractivity (Wildman–Crippen MR) is 79.7 cm³/mol. The second-order valence-electron chi connectivity index (χ2n) is 5.44. The SMILES string of the molecule is CCCCN1C(=O)CCC(N)C1c1cccc([N+](=O)[O-])c1. The topological polar surface area (TPSA) is 89.5 Å². The van der Waals surface area contributed by atoms with Crippen LogP contribution in [0.4, 0.5) is 5.69 Å². The van der Waals surface area contributed by atoms with E-state index in [1.807, 2.05) is 6.07 Å². The number of nitro benzene ring substituents is 1. The maximum atomic E-state index is 12.2. The Balaban J connectivity index is 2.33. The number of hydrogen-bond donors (Lipinski definition) is 1. The van der Waals surface area contributed by atoms with E-state index in [0.717, 1.165) is 18.4 Å². The molecule has 1 aromatic carbocycles. The number of nitrogens with zero attached hydrogens (tertiary/aromatic N) is 2. The molecule has 0 radical (unpaired) electrons. The molecule has 1 fully saturated rings. The minimum absolute atomic E-state index is 0.0353. The summed E-state index contributed by atoms with van der Waals surface area (Å²) < 4.78 is 0. The zero-order valence-electron chi connectivity index (χ0n) is 12.2. The third-order valence-electron chi connectivity index (χ3n) is 3.93. The molecule has 0 aromatic heterocycles. The fraction of sp³-hybridized carbons (Fsp3) is 0.533. The lowest BCUT2D eigenvalue weighted by molar-refractivity contribution is -0.385. The number of nitrogens with two attached hydrogens (primary N) is 1. The summed E-state index contributed by atoms with van der Waals surface area (Å²) in [5.41, 5.74) is 6.98. The van der Waals surface area contributed by atoms with E-state index < -0.39 is 4.92 Å². The molecule has 2 rings (SSSR count). The number of carbonyl (C=O) groups excluding carboxylic acids is 1. The van der Waals surface area contributed by atoms with Crippen LogP contribution in [0.2, 0.25) is 0 Å². The van der Waals surface area contributed by atoms with E-state index in [-0.39, 0.29) is 23.7 Å². The van der Waals surface area contributed by atoms with Gasteiger partial charge in [0.05, 0.1) is 11.0 Å². The van der Waals surface area contributed by atoms with Crippen LogP contribution in [0, 0.1) is 10.1 Å². The maximum Gasteiger partial charge on any atom is 0.269 e. The molecule has 0 aliphatic carbocycles. The van der Waals surface area contributed by atoms with Crippen LogP contribution in [0.5, 0.6) is 0 Å². The van der Waals surface area contributed by atoms with Crippen LogP contribution in [0.1, 0.15) is 44.2 Å². The number of benzene rings is 1. The molecule has 1 aliphatic heterocycles. The average molecular weight is 291 g/mol. The number of hydrogen-bond acceptors (Lipinski definition) is 4. The van der Waals surface area contributed by atoms with Crippen LogP contribution in [0.25, 0.3) is 0 Å². The molecule has 114 valence electrons. The van der Waals surface area contributed by atoms with Crippen molar-refractivity contribution in [3.8, 4) is 0 Å². The summed E-state index contributed by atoms with van der Waals surface area (Å²) in [7, 11) is 0. The minimum atomic E-state index is -0.421. The zero-order chi connectivity index (χ0) is 15.4. The number of unbranched alkanes of at least 4 members (excludes halogenated alkanes) is 1. The number of rotatable bonds is 5. The van der Waals surface area contributed by atoms with Crippen molar-refractivity contribution >= 4 is 11.6 Å². The summed E-state index contributed by atoms with van der Waals surface area (Å²) in [5, 5.41) is 10.9. The van der Waals surface area contributed by atoms with E-state index in [2.05, 4.69) is 6.92 Å². The maximum absolute atomic E-state index is 12.2. The van der Waals surface area contributed by atoms with Gasteiger partial charge in [-0.1, -0.05) is 25.5 Å². The largest absolute Gasteiger partial charge is 0.334 e. The third kappa shape index (κ3) is 3.39. The fourth-order valence-corrected chi connectivity index (χ4v) is 2.82. The Labute approximate surface area is 124 Å². The van der Waals surface area contributed by atoms with Crippen molar-refractivity contribution in [3.63, 3.8) is 0 Å². The summed E-state index contributed by atoms with van der Waals surface area (Å²) >= 11 is 0. The second-order valence-corrected chi connectivity index (χ2v) is 5.44. The molecule has 2 N–H and O–H groups in total. The first kappa shape index (κ1) is 15.4. The van der Waals surface area contributed by atoms with Gasteiger partial charge in [-0.3, -0.25) is 14.9 Å².